The molecule has 0 atom stereocenters. The molecule has 0 bridgehead atoms. The second kappa shape index (κ2) is 7.72. The van der Waals surface area contributed by atoms with Gasteiger partial charge in [-0.1, -0.05) is 12.1 Å². The van der Waals surface area contributed by atoms with Crippen LogP contribution in [-0.4, -0.2) is 57.9 Å². The Hall–Kier alpha value is -2.98. The molecule has 1 saturated heterocycles. The standard InChI is InChI=1S/C20H21N5O2/c1-21-15-4-2-5-17(12-15)27-19-14-22-18(13-23-19)20(26)25-9-3-8-24(10-11-25)16-6-7-16/h2,4-5,12-14,16H,3,6-11H2. The lowest BCUT2D eigenvalue weighted by Gasteiger charge is -2.21. The van der Waals surface area contributed by atoms with Crippen molar-refractivity contribution in [1.29, 1.82) is 0 Å². The summed E-state index contributed by atoms with van der Waals surface area (Å²) in [5.74, 6) is 0.732. The number of ether oxygens (including phenoxy) is 1. The van der Waals surface area contributed by atoms with Crippen LogP contribution >= 0.6 is 0 Å². The van der Waals surface area contributed by atoms with Gasteiger partial charge in [-0.25, -0.2) is 14.8 Å². The monoisotopic (exact) mass is 363 g/mol. The lowest BCUT2D eigenvalue weighted by atomic mass is 10.3. The Balaban J connectivity index is 1.39. The molecule has 4 rings (SSSR count). The summed E-state index contributed by atoms with van der Waals surface area (Å²) in [6.07, 6.45) is 6.49. The molecule has 138 valence electrons. The summed E-state index contributed by atoms with van der Waals surface area (Å²) in [4.78, 5) is 28.9. The van der Waals surface area contributed by atoms with Gasteiger partial charge in [-0.2, -0.15) is 0 Å². The minimum absolute atomic E-state index is 0.0818. The summed E-state index contributed by atoms with van der Waals surface area (Å²) < 4.78 is 5.62. The molecule has 2 aliphatic rings. The van der Waals surface area contributed by atoms with Gasteiger partial charge in [0.25, 0.3) is 5.91 Å². The van der Waals surface area contributed by atoms with Gasteiger partial charge in [-0.15, -0.1) is 0 Å². The fourth-order valence-electron chi connectivity index (χ4n) is 3.32. The van der Waals surface area contributed by atoms with Gasteiger partial charge in [0, 0.05) is 32.2 Å². The molecule has 0 radical (unpaired) electrons. The van der Waals surface area contributed by atoms with Gasteiger partial charge in [0.15, 0.2) is 5.69 Å². The average Bonchev–Trinajstić information content (AvgIpc) is 3.54. The van der Waals surface area contributed by atoms with Gasteiger partial charge in [-0.3, -0.25) is 9.69 Å². The number of carbonyl (C=O) groups excluding carboxylic acids is 1. The van der Waals surface area contributed by atoms with Crippen LogP contribution in [0, 0.1) is 6.57 Å². The molecule has 2 aromatic rings. The third kappa shape index (κ3) is 4.23. The highest BCUT2D eigenvalue weighted by Crippen LogP contribution is 2.27. The molecule has 1 aliphatic heterocycles. The minimum atomic E-state index is -0.0818. The SMILES string of the molecule is [C-]#[N+]c1cccc(Oc2cnc(C(=O)N3CCCN(C4CC4)CC3)cn2)c1. The molecular weight excluding hydrogens is 342 g/mol. The minimum Gasteiger partial charge on any atom is -0.439 e. The Bertz CT molecular complexity index is 857. The number of amides is 1. The molecule has 7 heteroatoms. The van der Waals surface area contributed by atoms with E-state index in [1.165, 1.54) is 25.2 Å². The summed E-state index contributed by atoms with van der Waals surface area (Å²) >= 11 is 0. The zero-order valence-corrected chi connectivity index (χ0v) is 15.0. The van der Waals surface area contributed by atoms with E-state index in [0.29, 0.717) is 23.0 Å². The van der Waals surface area contributed by atoms with E-state index in [9.17, 15) is 4.79 Å². The van der Waals surface area contributed by atoms with Gasteiger partial charge in [0.2, 0.25) is 5.88 Å². The highest BCUT2D eigenvalue weighted by Gasteiger charge is 2.31. The van der Waals surface area contributed by atoms with Crippen molar-refractivity contribution in [3.63, 3.8) is 0 Å². The van der Waals surface area contributed by atoms with E-state index in [2.05, 4.69) is 19.7 Å². The number of benzene rings is 1. The van der Waals surface area contributed by atoms with Crippen molar-refractivity contribution in [2.75, 3.05) is 26.2 Å². The second-order valence-corrected chi connectivity index (χ2v) is 6.86. The molecule has 1 saturated carbocycles. The molecule has 1 aliphatic carbocycles. The molecule has 0 unspecified atom stereocenters. The van der Waals surface area contributed by atoms with Crippen molar-refractivity contribution < 1.29 is 9.53 Å². The molecular formula is C20H21N5O2. The summed E-state index contributed by atoms with van der Waals surface area (Å²) in [7, 11) is 0. The van der Waals surface area contributed by atoms with Crippen LogP contribution in [0.3, 0.4) is 0 Å². The predicted molar refractivity (Wildman–Crippen MR) is 99.9 cm³/mol. The molecule has 7 nitrogen and oxygen atoms in total. The van der Waals surface area contributed by atoms with Crippen LogP contribution in [0.1, 0.15) is 29.8 Å². The van der Waals surface area contributed by atoms with E-state index in [-0.39, 0.29) is 5.91 Å². The van der Waals surface area contributed by atoms with E-state index in [1.807, 2.05) is 4.90 Å². The normalized spacial score (nSPS) is 17.8. The third-order valence-electron chi connectivity index (χ3n) is 4.90. The Morgan fingerprint density at radius 3 is 2.78 bits per heavy atom. The highest BCUT2D eigenvalue weighted by molar-refractivity contribution is 5.92. The number of carbonyl (C=O) groups is 1. The Morgan fingerprint density at radius 1 is 1.15 bits per heavy atom. The van der Waals surface area contributed by atoms with Crippen molar-refractivity contribution >= 4 is 11.6 Å². The van der Waals surface area contributed by atoms with Gasteiger partial charge in [-0.05, 0) is 31.4 Å². The van der Waals surface area contributed by atoms with Crippen LogP contribution in [-0.2, 0) is 0 Å². The van der Waals surface area contributed by atoms with Gasteiger partial charge >= 0.3 is 0 Å². The fourth-order valence-corrected chi connectivity index (χ4v) is 3.32. The van der Waals surface area contributed by atoms with E-state index in [1.54, 1.807) is 24.3 Å². The smallest absolute Gasteiger partial charge is 0.274 e. The Labute approximate surface area is 158 Å². The first-order valence-corrected chi connectivity index (χ1v) is 9.24. The molecule has 0 spiro atoms. The first-order chi connectivity index (χ1) is 13.2. The lowest BCUT2D eigenvalue weighted by Crippen LogP contribution is -2.36. The molecule has 1 aromatic carbocycles. The third-order valence-corrected chi connectivity index (χ3v) is 4.90. The Kier molecular flexibility index (Phi) is 4.99. The zero-order chi connectivity index (χ0) is 18.6. The maximum Gasteiger partial charge on any atom is 0.274 e. The quantitative estimate of drug-likeness (QED) is 0.781. The number of hydrogen-bond donors (Lipinski definition) is 0. The van der Waals surface area contributed by atoms with Crippen molar-refractivity contribution in [3.8, 4) is 11.6 Å². The van der Waals surface area contributed by atoms with Crippen LogP contribution in [0.5, 0.6) is 11.6 Å². The maximum absolute atomic E-state index is 12.7. The first kappa shape index (κ1) is 17.4. The fraction of sp³-hybridized carbons (Fsp3) is 0.400. The molecule has 1 aromatic heterocycles. The van der Waals surface area contributed by atoms with E-state index >= 15 is 0 Å². The van der Waals surface area contributed by atoms with Gasteiger partial charge in [0.1, 0.15) is 11.4 Å². The predicted octanol–water partition coefficient (Wildman–Crippen LogP) is 3.13. The molecule has 0 N–H and O–H groups in total. The average molecular weight is 363 g/mol. The molecule has 2 fully saturated rings. The van der Waals surface area contributed by atoms with Crippen molar-refractivity contribution in [2.45, 2.75) is 25.3 Å². The molecule has 1 amide bonds. The second-order valence-electron chi connectivity index (χ2n) is 6.86. The number of aromatic nitrogens is 2. The van der Waals surface area contributed by atoms with Crippen molar-refractivity contribution in [1.82, 2.24) is 19.8 Å². The summed E-state index contributed by atoms with van der Waals surface area (Å²) in [6.45, 7) is 10.5. The number of nitrogens with zero attached hydrogens (tertiary/aromatic N) is 5. The van der Waals surface area contributed by atoms with Crippen LogP contribution in [0.2, 0.25) is 0 Å². The zero-order valence-electron chi connectivity index (χ0n) is 15.0. The number of rotatable bonds is 4. The van der Waals surface area contributed by atoms with E-state index < -0.39 is 0 Å². The Morgan fingerprint density at radius 2 is 2.04 bits per heavy atom. The van der Waals surface area contributed by atoms with Crippen LogP contribution in [0.25, 0.3) is 4.85 Å². The largest absolute Gasteiger partial charge is 0.439 e. The van der Waals surface area contributed by atoms with Crippen LogP contribution < -0.4 is 4.74 Å². The van der Waals surface area contributed by atoms with Gasteiger partial charge < -0.3 is 9.64 Å². The van der Waals surface area contributed by atoms with Gasteiger partial charge in [0.05, 0.1) is 19.0 Å². The van der Waals surface area contributed by atoms with Crippen LogP contribution in [0.4, 0.5) is 5.69 Å². The van der Waals surface area contributed by atoms with Crippen molar-refractivity contribution in [2.24, 2.45) is 0 Å². The number of hydrogen-bond acceptors (Lipinski definition) is 5. The summed E-state index contributed by atoms with van der Waals surface area (Å²) in [6, 6.07) is 7.57. The summed E-state index contributed by atoms with van der Waals surface area (Å²) in [5, 5.41) is 0. The van der Waals surface area contributed by atoms with E-state index in [4.69, 9.17) is 11.3 Å². The first-order valence-electron chi connectivity index (χ1n) is 9.24. The van der Waals surface area contributed by atoms with E-state index in [0.717, 1.165) is 38.6 Å². The highest BCUT2D eigenvalue weighted by atomic mass is 16.5. The molecule has 27 heavy (non-hydrogen) atoms. The summed E-state index contributed by atoms with van der Waals surface area (Å²) in [5.41, 5.74) is 0.825. The maximum atomic E-state index is 12.7. The topological polar surface area (TPSA) is 62.9 Å². The molecule has 2 heterocycles. The van der Waals surface area contributed by atoms with Crippen LogP contribution in [0.15, 0.2) is 36.7 Å². The van der Waals surface area contributed by atoms with Crippen molar-refractivity contribution in [3.05, 3.63) is 53.8 Å². The lowest BCUT2D eigenvalue weighted by molar-refractivity contribution is 0.0754.